The molecule has 110 valence electrons. The second-order valence-corrected chi connectivity index (χ2v) is 6.63. The lowest BCUT2D eigenvalue weighted by Crippen LogP contribution is -2.27. The predicted molar refractivity (Wildman–Crippen MR) is 83.1 cm³/mol. The molecule has 0 saturated carbocycles. The molecule has 1 rings (SSSR count). The Hall–Kier alpha value is -1.49. The lowest BCUT2D eigenvalue weighted by Gasteiger charge is -2.19. The SMILES string of the molecule is CCSC(=O)Cc1cccc(NC(=O)OC(C)(C)C)c1. The molecule has 20 heavy (non-hydrogen) atoms. The molecule has 1 aromatic rings. The van der Waals surface area contributed by atoms with Crippen LogP contribution in [0.15, 0.2) is 24.3 Å². The third-order valence-corrected chi connectivity index (χ3v) is 2.98. The molecule has 0 heterocycles. The van der Waals surface area contributed by atoms with Crippen LogP contribution >= 0.6 is 11.8 Å². The number of amides is 1. The maximum absolute atomic E-state index is 11.7. The molecule has 5 heteroatoms. The summed E-state index contributed by atoms with van der Waals surface area (Å²) >= 11 is 1.30. The maximum Gasteiger partial charge on any atom is 0.412 e. The molecule has 0 unspecified atom stereocenters. The van der Waals surface area contributed by atoms with E-state index in [1.807, 2.05) is 39.8 Å². The monoisotopic (exact) mass is 295 g/mol. The third-order valence-electron chi connectivity index (χ3n) is 2.23. The topological polar surface area (TPSA) is 55.4 Å². The molecular weight excluding hydrogens is 274 g/mol. The molecular formula is C15H21NO3S. The highest BCUT2D eigenvalue weighted by Crippen LogP contribution is 2.16. The van der Waals surface area contributed by atoms with Gasteiger partial charge < -0.3 is 4.74 Å². The number of ether oxygens (including phenoxy) is 1. The number of anilines is 1. The van der Waals surface area contributed by atoms with Crippen molar-refractivity contribution >= 4 is 28.7 Å². The quantitative estimate of drug-likeness (QED) is 0.916. The van der Waals surface area contributed by atoms with Crippen LogP contribution in [0.1, 0.15) is 33.3 Å². The molecule has 0 bridgehead atoms. The first-order valence-electron chi connectivity index (χ1n) is 6.54. The van der Waals surface area contributed by atoms with E-state index in [0.717, 1.165) is 11.3 Å². The number of hydrogen-bond donors (Lipinski definition) is 1. The van der Waals surface area contributed by atoms with Gasteiger partial charge in [0.2, 0.25) is 0 Å². The van der Waals surface area contributed by atoms with E-state index in [1.54, 1.807) is 12.1 Å². The van der Waals surface area contributed by atoms with Crippen LogP contribution in [0.5, 0.6) is 0 Å². The van der Waals surface area contributed by atoms with Gasteiger partial charge in [0.15, 0.2) is 5.12 Å². The zero-order valence-corrected chi connectivity index (χ0v) is 13.2. The molecule has 0 atom stereocenters. The fraction of sp³-hybridized carbons (Fsp3) is 0.467. The van der Waals surface area contributed by atoms with E-state index in [4.69, 9.17) is 4.74 Å². The first-order chi connectivity index (χ1) is 9.30. The summed E-state index contributed by atoms with van der Waals surface area (Å²) in [5.74, 6) is 0.773. The zero-order valence-electron chi connectivity index (χ0n) is 12.4. The van der Waals surface area contributed by atoms with E-state index in [9.17, 15) is 9.59 Å². The molecule has 0 fully saturated rings. The molecule has 0 saturated heterocycles. The molecule has 0 radical (unpaired) electrons. The van der Waals surface area contributed by atoms with Crippen molar-refractivity contribution in [3.05, 3.63) is 29.8 Å². The fourth-order valence-corrected chi connectivity index (χ4v) is 2.15. The summed E-state index contributed by atoms with van der Waals surface area (Å²) in [4.78, 5) is 23.2. The van der Waals surface area contributed by atoms with Crippen LogP contribution in [-0.4, -0.2) is 22.6 Å². The van der Waals surface area contributed by atoms with E-state index in [1.165, 1.54) is 11.8 Å². The van der Waals surface area contributed by atoms with Crippen LogP contribution in [0.25, 0.3) is 0 Å². The molecule has 0 aliphatic rings. The van der Waals surface area contributed by atoms with Gasteiger partial charge in [-0.05, 0) is 44.2 Å². The van der Waals surface area contributed by atoms with Gasteiger partial charge in [-0.15, -0.1) is 0 Å². The van der Waals surface area contributed by atoms with Crippen molar-refractivity contribution in [3.8, 4) is 0 Å². The number of thioether (sulfide) groups is 1. The molecule has 1 N–H and O–H groups in total. The summed E-state index contributed by atoms with van der Waals surface area (Å²) in [5, 5.41) is 2.79. The first kappa shape index (κ1) is 16.6. The van der Waals surface area contributed by atoms with Gasteiger partial charge in [0.05, 0.1) is 0 Å². The molecule has 4 nitrogen and oxygen atoms in total. The Morgan fingerprint density at radius 1 is 1.30 bits per heavy atom. The zero-order chi connectivity index (χ0) is 15.2. The van der Waals surface area contributed by atoms with Gasteiger partial charge in [-0.2, -0.15) is 0 Å². The van der Waals surface area contributed by atoms with Crippen molar-refractivity contribution in [2.75, 3.05) is 11.1 Å². The third kappa shape index (κ3) is 6.61. The Morgan fingerprint density at radius 2 is 2.00 bits per heavy atom. The highest BCUT2D eigenvalue weighted by Gasteiger charge is 2.16. The van der Waals surface area contributed by atoms with Crippen LogP contribution in [0, 0.1) is 0 Å². The van der Waals surface area contributed by atoms with Crippen molar-refractivity contribution < 1.29 is 14.3 Å². The largest absolute Gasteiger partial charge is 0.444 e. The van der Waals surface area contributed by atoms with Gasteiger partial charge in [0, 0.05) is 12.1 Å². The summed E-state index contributed by atoms with van der Waals surface area (Å²) in [6, 6.07) is 7.24. The van der Waals surface area contributed by atoms with Crippen molar-refractivity contribution in [2.24, 2.45) is 0 Å². The Kier molecular flexibility index (Phi) is 6.07. The average molecular weight is 295 g/mol. The van der Waals surface area contributed by atoms with Crippen LogP contribution in [-0.2, 0) is 16.0 Å². The lowest BCUT2D eigenvalue weighted by molar-refractivity contribution is -0.110. The summed E-state index contributed by atoms with van der Waals surface area (Å²) in [6.45, 7) is 7.37. The Labute approximate surface area is 124 Å². The molecule has 0 aliphatic carbocycles. The van der Waals surface area contributed by atoms with E-state index >= 15 is 0 Å². The minimum atomic E-state index is -0.532. The van der Waals surface area contributed by atoms with Gasteiger partial charge in [-0.3, -0.25) is 10.1 Å². The van der Waals surface area contributed by atoms with Crippen molar-refractivity contribution in [1.29, 1.82) is 0 Å². The van der Waals surface area contributed by atoms with Gasteiger partial charge in [-0.25, -0.2) is 4.79 Å². The summed E-state index contributed by atoms with van der Waals surface area (Å²) in [5.41, 5.74) is 0.977. The van der Waals surface area contributed by atoms with E-state index in [-0.39, 0.29) is 5.12 Å². The van der Waals surface area contributed by atoms with E-state index in [0.29, 0.717) is 12.1 Å². The molecule has 1 aromatic carbocycles. The maximum atomic E-state index is 11.7. The summed E-state index contributed by atoms with van der Waals surface area (Å²) in [7, 11) is 0. The first-order valence-corrected chi connectivity index (χ1v) is 7.53. The number of benzene rings is 1. The number of carbonyl (C=O) groups is 2. The van der Waals surface area contributed by atoms with Crippen molar-refractivity contribution in [3.63, 3.8) is 0 Å². The predicted octanol–water partition coefficient (Wildman–Crippen LogP) is 3.86. The van der Waals surface area contributed by atoms with Crippen molar-refractivity contribution in [1.82, 2.24) is 0 Å². The molecule has 1 amide bonds. The Morgan fingerprint density at radius 3 is 2.60 bits per heavy atom. The summed E-state index contributed by atoms with van der Waals surface area (Å²) in [6.07, 6.45) is -0.133. The lowest BCUT2D eigenvalue weighted by atomic mass is 10.1. The van der Waals surface area contributed by atoms with E-state index < -0.39 is 11.7 Å². The van der Waals surface area contributed by atoms with Crippen LogP contribution < -0.4 is 5.32 Å². The molecule has 0 aliphatic heterocycles. The highest BCUT2D eigenvalue weighted by molar-refractivity contribution is 8.13. The minimum absolute atomic E-state index is 0.127. The Balaban J connectivity index is 2.64. The number of carbonyl (C=O) groups excluding carboxylic acids is 2. The van der Waals surface area contributed by atoms with Crippen LogP contribution in [0.2, 0.25) is 0 Å². The minimum Gasteiger partial charge on any atom is -0.444 e. The normalized spacial score (nSPS) is 11.0. The molecule has 0 spiro atoms. The van der Waals surface area contributed by atoms with Crippen LogP contribution in [0.4, 0.5) is 10.5 Å². The van der Waals surface area contributed by atoms with Gasteiger partial charge >= 0.3 is 6.09 Å². The van der Waals surface area contributed by atoms with Gasteiger partial charge in [0.1, 0.15) is 5.60 Å². The van der Waals surface area contributed by atoms with Crippen molar-refractivity contribution in [2.45, 2.75) is 39.7 Å². The standard InChI is InChI=1S/C15H21NO3S/c1-5-20-13(17)10-11-7-6-8-12(9-11)16-14(18)19-15(2,3)4/h6-9H,5,10H2,1-4H3,(H,16,18). The Bertz CT molecular complexity index is 480. The van der Waals surface area contributed by atoms with E-state index in [2.05, 4.69) is 5.32 Å². The number of rotatable bonds is 4. The average Bonchev–Trinajstić information content (AvgIpc) is 2.26. The number of hydrogen-bond acceptors (Lipinski definition) is 4. The number of nitrogens with one attached hydrogen (secondary N) is 1. The second-order valence-electron chi connectivity index (χ2n) is 5.31. The second kappa shape index (κ2) is 7.33. The highest BCUT2D eigenvalue weighted by atomic mass is 32.2. The molecule has 0 aromatic heterocycles. The van der Waals surface area contributed by atoms with Gasteiger partial charge in [-0.1, -0.05) is 30.8 Å². The van der Waals surface area contributed by atoms with Gasteiger partial charge in [0.25, 0.3) is 0 Å². The smallest absolute Gasteiger partial charge is 0.412 e. The van der Waals surface area contributed by atoms with Crippen LogP contribution in [0.3, 0.4) is 0 Å². The summed E-state index contributed by atoms with van der Waals surface area (Å²) < 4.78 is 5.18. The fourth-order valence-electron chi connectivity index (χ4n) is 1.56.